The van der Waals surface area contributed by atoms with Crippen molar-refractivity contribution in [2.45, 2.75) is 32.8 Å². The van der Waals surface area contributed by atoms with Crippen LogP contribution in [-0.4, -0.2) is 19.1 Å². The number of halogens is 1. The number of hydrogen-bond acceptors (Lipinski definition) is 1. The van der Waals surface area contributed by atoms with Crippen LogP contribution >= 0.6 is 11.6 Å². The van der Waals surface area contributed by atoms with E-state index in [9.17, 15) is 0 Å². The number of hydrogen-bond donors (Lipinski definition) is 0. The Morgan fingerprint density at radius 3 is 2.40 bits per heavy atom. The van der Waals surface area contributed by atoms with Gasteiger partial charge in [0.2, 0.25) is 0 Å². The Morgan fingerprint density at radius 2 is 2.10 bits per heavy atom. The molecule has 0 aromatic carbocycles. The van der Waals surface area contributed by atoms with E-state index in [1.54, 1.807) is 7.11 Å². The van der Waals surface area contributed by atoms with E-state index in [-0.39, 0.29) is 0 Å². The molecule has 2 heteroatoms. The lowest BCUT2D eigenvalue weighted by atomic mass is 10.0. The summed E-state index contributed by atoms with van der Waals surface area (Å²) < 4.78 is 5.21. The molecule has 0 aliphatic rings. The normalized spacial score (nSPS) is 16.8. The molecule has 0 heterocycles. The van der Waals surface area contributed by atoms with Crippen LogP contribution in [0.3, 0.4) is 0 Å². The Hall–Kier alpha value is 0.250. The Kier molecular flexibility index (Phi) is 6.14. The Morgan fingerprint density at radius 1 is 1.50 bits per heavy atom. The lowest BCUT2D eigenvalue weighted by Gasteiger charge is -2.15. The van der Waals surface area contributed by atoms with E-state index < -0.39 is 0 Å². The molecule has 2 atom stereocenters. The van der Waals surface area contributed by atoms with Gasteiger partial charge in [-0.05, 0) is 18.8 Å². The molecule has 0 bridgehead atoms. The van der Waals surface area contributed by atoms with Crippen molar-refractivity contribution in [2.24, 2.45) is 5.92 Å². The van der Waals surface area contributed by atoms with Crippen molar-refractivity contribution in [3.63, 3.8) is 0 Å². The molecule has 0 amide bonds. The van der Waals surface area contributed by atoms with Gasteiger partial charge in [-0.15, -0.1) is 11.6 Å². The third-order valence-electron chi connectivity index (χ3n) is 1.72. The van der Waals surface area contributed by atoms with Crippen LogP contribution < -0.4 is 0 Å². The summed E-state index contributed by atoms with van der Waals surface area (Å²) in [4.78, 5) is 0. The van der Waals surface area contributed by atoms with Crippen LogP contribution in [0.5, 0.6) is 0 Å². The molecule has 0 radical (unpaired) electrons. The van der Waals surface area contributed by atoms with E-state index >= 15 is 0 Å². The van der Waals surface area contributed by atoms with Crippen molar-refractivity contribution >= 4 is 11.6 Å². The largest absolute Gasteiger partial charge is 0.381 e. The zero-order valence-electron chi connectivity index (χ0n) is 7.06. The van der Waals surface area contributed by atoms with Crippen molar-refractivity contribution in [3.05, 3.63) is 0 Å². The van der Waals surface area contributed by atoms with E-state index in [0.29, 0.717) is 12.0 Å². The van der Waals surface area contributed by atoms with Crippen molar-refractivity contribution in [1.29, 1.82) is 0 Å². The zero-order chi connectivity index (χ0) is 7.98. The molecule has 10 heavy (non-hydrogen) atoms. The summed E-state index contributed by atoms with van der Waals surface area (Å²) in [6.45, 7) is 4.28. The molecule has 2 unspecified atom stereocenters. The molecule has 0 saturated carbocycles. The van der Waals surface area contributed by atoms with Gasteiger partial charge >= 0.3 is 0 Å². The first-order chi connectivity index (χ1) is 4.74. The minimum absolute atomic E-state index is 0.397. The molecule has 0 aliphatic carbocycles. The van der Waals surface area contributed by atoms with Crippen molar-refractivity contribution in [3.8, 4) is 0 Å². The van der Waals surface area contributed by atoms with Crippen LogP contribution in [0.2, 0.25) is 0 Å². The smallest absolute Gasteiger partial charge is 0.0571 e. The molecular formula is C8H17ClO. The summed E-state index contributed by atoms with van der Waals surface area (Å²) >= 11 is 5.65. The maximum Gasteiger partial charge on any atom is 0.0571 e. The molecule has 0 aliphatic heterocycles. The highest BCUT2D eigenvalue weighted by Crippen LogP contribution is 2.12. The molecule has 0 fully saturated rings. The monoisotopic (exact) mass is 164 g/mol. The minimum atomic E-state index is 0.397. The summed E-state index contributed by atoms with van der Waals surface area (Å²) in [5.74, 6) is 1.31. The van der Waals surface area contributed by atoms with E-state index in [0.717, 1.165) is 18.7 Å². The van der Waals surface area contributed by atoms with Gasteiger partial charge in [0.1, 0.15) is 0 Å². The summed E-state index contributed by atoms with van der Waals surface area (Å²) in [6.07, 6.45) is 2.56. The molecule has 0 saturated heterocycles. The van der Waals surface area contributed by atoms with Crippen LogP contribution in [0.15, 0.2) is 0 Å². The Labute approximate surface area is 68.7 Å². The first kappa shape index (κ1) is 10.2. The summed E-state index contributed by atoms with van der Waals surface area (Å²) in [5, 5.41) is 0. The molecule has 62 valence electrons. The molecule has 0 aromatic heterocycles. The number of methoxy groups -OCH3 is 1. The lowest BCUT2D eigenvalue weighted by Crippen LogP contribution is -2.14. The van der Waals surface area contributed by atoms with Crippen LogP contribution in [0.4, 0.5) is 0 Å². The second kappa shape index (κ2) is 5.99. The average molecular weight is 165 g/mol. The van der Waals surface area contributed by atoms with Crippen LogP contribution in [-0.2, 0) is 4.74 Å². The van der Waals surface area contributed by atoms with E-state index in [2.05, 4.69) is 13.8 Å². The predicted molar refractivity (Wildman–Crippen MR) is 45.6 cm³/mol. The van der Waals surface area contributed by atoms with Crippen LogP contribution in [0.1, 0.15) is 26.7 Å². The summed E-state index contributed by atoms with van der Waals surface area (Å²) in [6, 6.07) is 0. The van der Waals surface area contributed by atoms with Gasteiger partial charge in [0.15, 0.2) is 0 Å². The zero-order valence-corrected chi connectivity index (χ0v) is 7.82. The highest BCUT2D eigenvalue weighted by molar-refractivity contribution is 6.18. The van der Waals surface area contributed by atoms with Crippen molar-refractivity contribution < 1.29 is 4.74 Å². The van der Waals surface area contributed by atoms with Gasteiger partial charge in [0, 0.05) is 13.0 Å². The molecule has 0 N–H and O–H groups in total. The van der Waals surface area contributed by atoms with Gasteiger partial charge in [0.25, 0.3) is 0 Å². The molecular weight excluding hydrogens is 148 g/mol. The standard InChI is InChI=1S/C8H17ClO/c1-4-8(10-3)5-7(2)6-9/h7-8H,4-6H2,1-3H3. The van der Waals surface area contributed by atoms with Gasteiger partial charge in [-0.1, -0.05) is 13.8 Å². The highest BCUT2D eigenvalue weighted by Gasteiger charge is 2.08. The first-order valence-electron chi connectivity index (χ1n) is 3.83. The van der Waals surface area contributed by atoms with Crippen LogP contribution in [0, 0.1) is 5.92 Å². The summed E-state index contributed by atoms with van der Waals surface area (Å²) in [7, 11) is 1.76. The molecule has 0 aromatic rings. The van der Waals surface area contributed by atoms with Crippen molar-refractivity contribution in [1.82, 2.24) is 0 Å². The topological polar surface area (TPSA) is 9.23 Å². The molecule has 1 nitrogen and oxygen atoms in total. The fraction of sp³-hybridized carbons (Fsp3) is 1.00. The van der Waals surface area contributed by atoms with Gasteiger partial charge in [0.05, 0.1) is 6.10 Å². The fourth-order valence-electron chi connectivity index (χ4n) is 0.941. The quantitative estimate of drug-likeness (QED) is 0.568. The second-order valence-corrected chi connectivity index (χ2v) is 3.07. The number of rotatable bonds is 5. The molecule has 0 spiro atoms. The second-order valence-electron chi connectivity index (χ2n) is 2.76. The maximum atomic E-state index is 5.65. The third-order valence-corrected chi connectivity index (χ3v) is 2.24. The van der Waals surface area contributed by atoms with Crippen LogP contribution in [0.25, 0.3) is 0 Å². The first-order valence-corrected chi connectivity index (χ1v) is 4.36. The van der Waals surface area contributed by atoms with Gasteiger partial charge in [-0.3, -0.25) is 0 Å². The average Bonchev–Trinajstić information content (AvgIpc) is 1.99. The maximum absolute atomic E-state index is 5.65. The van der Waals surface area contributed by atoms with E-state index in [1.807, 2.05) is 0 Å². The molecule has 0 rings (SSSR count). The predicted octanol–water partition coefficient (Wildman–Crippen LogP) is 2.68. The van der Waals surface area contributed by atoms with Gasteiger partial charge in [-0.2, -0.15) is 0 Å². The number of ether oxygens (including phenoxy) is 1. The van der Waals surface area contributed by atoms with E-state index in [1.165, 1.54) is 0 Å². The lowest BCUT2D eigenvalue weighted by molar-refractivity contribution is 0.0819. The minimum Gasteiger partial charge on any atom is -0.381 e. The highest BCUT2D eigenvalue weighted by atomic mass is 35.5. The Balaban J connectivity index is 3.41. The van der Waals surface area contributed by atoms with Crippen molar-refractivity contribution in [2.75, 3.05) is 13.0 Å². The third kappa shape index (κ3) is 4.13. The fourth-order valence-corrected chi connectivity index (χ4v) is 1.07. The Bertz CT molecular complexity index is 71.7. The van der Waals surface area contributed by atoms with E-state index in [4.69, 9.17) is 16.3 Å². The SMILES string of the molecule is CCC(CC(C)CCl)OC. The summed E-state index contributed by atoms with van der Waals surface area (Å²) in [5.41, 5.74) is 0. The van der Waals surface area contributed by atoms with Gasteiger partial charge in [-0.25, -0.2) is 0 Å². The van der Waals surface area contributed by atoms with Gasteiger partial charge < -0.3 is 4.74 Å². The number of alkyl halides is 1.